The summed E-state index contributed by atoms with van der Waals surface area (Å²) in [6.07, 6.45) is 12.5. The van der Waals surface area contributed by atoms with E-state index in [0.29, 0.717) is 5.57 Å². The van der Waals surface area contributed by atoms with Crippen molar-refractivity contribution in [2.75, 3.05) is 0 Å². The van der Waals surface area contributed by atoms with Gasteiger partial charge in [-0.1, -0.05) is 55.4 Å². The molecule has 0 heterocycles. The van der Waals surface area contributed by atoms with Gasteiger partial charge in [0.25, 0.3) is 0 Å². The second-order valence-electron chi connectivity index (χ2n) is 6.44. The Morgan fingerprint density at radius 2 is 1.95 bits per heavy atom. The zero-order valence-corrected chi connectivity index (χ0v) is 13.9. The van der Waals surface area contributed by atoms with E-state index in [0.717, 1.165) is 5.57 Å². The predicted octanol–water partition coefficient (Wildman–Crippen LogP) is 5.72. The first-order valence-electron chi connectivity index (χ1n) is 8.57. The van der Waals surface area contributed by atoms with E-state index in [1.165, 1.54) is 30.4 Å². The minimum absolute atomic E-state index is 0.239. The number of carbonyl (C=O) groups is 1. The molecule has 0 amide bonds. The van der Waals surface area contributed by atoms with Gasteiger partial charge in [0, 0.05) is 0 Å². The molecule has 1 rings (SSSR count). The molecule has 0 saturated heterocycles. The molecule has 0 aromatic heterocycles. The smallest absolute Gasteiger partial charge is 0.143 e. The predicted molar refractivity (Wildman–Crippen MR) is 92.2 cm³/mol. The van der Waals surface area contributed by atoms with Gasteiger partial charge >= 0.3 is 0 Å². The molecule has 0 bridgehead atoms. The van der Waals surface area contributed by atoms with Crippen molar-refractivity contribution in [2.45, 2.75) is 53.9 Å². The molecular formula is C20H28O. The lowest BCUT2D eigenvalue weighted by molar-refractivity contribution is -0.104. The molecular weight excluding hydrogens is 256 g/mol. The van der Waals surface area contributed by atoms with Gasteiger partial charge in [0.2, 0.25) is 0 Å². The Kier molecular flexibility index (Phi) is 5.43. The normalized spacial score (nSPS) is 22.4. The third-order valence-corrected chi connectivity index (χ3v) is 4.01. The number of hydrogen-bond acceptors (Lipinski definition) is 1. The molecule has 1 aliphatic carbocycles. The van der Waals surface area contributed by atoms with Crippen LogP contribution in [0, 0.1) is 5.41 Å². The summed E-state index contributed by atoms with van der Waals surface area (Å²) in [4.78, 5) is 10.8. The zero-order valence-electron chi connectivity index (χ0n) is 15.9. The average Bonchev–Trinajstić information content (AvgIpc) is 2.44. The van der Waals surface area contributed by atoms with Crippen LogP contribution in [0.1, 0.15) is 56.6 Å². The van der Waals surface area contributed by atoms with Crippen LogP contribution in [-0.2, 0) is 4.79 Å². The summed E-state index contributed by atoms with van der Waals surface area (Å²) in [5.74, 6) is 0. The maximum absolute atomic E-state index is 10.8. The highest BCUT2D eigenvalue weighted by molar-refractivity contribution is 5.66. The molecule has 0 saturated carbocycles. The summed E-state index contributed by atoms with van der Waals surface area (Å²) in [6, 6.07) is -0.257. The number of allylic oxidation sites excluding steroid dienone is 10. The number of hydrogen-bond donors (Lipinski definition) is 0. The SMILES string of the molecule is [2H]C(=O)C([2H])=C(C)C=CC=C(C)C=CC1=C(C)CCCC1(C)C. The number of carbonyl (C=O) groups excluding carboxylic acids is 1. The molecule has 1 heteroatoms. The summed E-state index contributed by atoms with van der Waals surface area (Å²) < 4.78 is 14.4. The van der Waals surface area contributed by atoms with Crippen LogP contribution in [0.3, 0.4) is 0 Å². The van der Waals surface area contributed by atoms with E-state index >= 15 is 0 Å². The molecule has 1 aliphatic rings. The highest BCUT2D eigenvalue weighted by Gasteiger charge is 2.26. The van der Waals surface area contributed by atoms with Crippen molar-refractivity contribution in [2.24, 2.45) is 5.41 Å². The Hall–Kier alpha value is -1.63. The molecule has 0 N–H and O–H groups in total. The summed E-state index contributed by atoms with van der Waals surface area (Å²) in [5, 5.41) is 0. The summed E-state index contributed by atoms with van der Waals surface area (Å²) in [7, 11) is 0. The van der Waals surface area contributed by atoms with Gasteiger partial charge in [-0.05, 0) is 62.6 Å². The monoisotopic (exact) mass is 286 g/mol. The lowest BCUT2D eigenvalue weighted by Gasteiger charge is -2.32. The maximum Gasteiger partial charge on any atom is 0.143 e. The van der Waals surface area contributed by atoms with E-state index in [4.69, 9.17) is 2.74 Å². The van der Waals surface area contributed by atoms with Gasteiger partial charge in [0.1, 0.15) is 7.63 Å². The molecule has 21 heavy (non-hydrogen) atoms. The lowest BCUT2D eigenvalue weighted by Crippen LogP contribution is -2.19. The van der Waals surface area contributed by atoms with Crippen molar-refractivity contribution in [3.05, 3.63) is 58.7 Å². The highest BCUT2D eigenvalue weighted by Crippen LogP contribution is 2.40. The molecule has 114 valence electrons. The van der Waals surface area contributed by atoms with Gasteiger partial charge in [0.15, 0.2) is 0 Å². The standard InChI is InChI=1S/C20H28O/c1-16(8-6-9-17(2)13-15-21)11-12-19-18(3)10-7-14-20(19,4)5/h6,8-9,11-13,15H,7,10,14H2,1-5H3/i13D,15D. The maximum atomic E-state index is 10.8. The van der Waals surface area contributed by atoms with Crippen molar-refractivity contribution in [3.63, 3.8) is 0 Å². The lowest BCUT2D eigenvalue weighted by atomic mass is 9.72. The van der Waals surface area contributed by atoms with Gasteiger partial charge in [-0.3, -0.25) is 4.79 Å². The largest absolute Gasteiger partial charge is 0.299 e. The van der Waals surface area contributed by atoms with Gasteiger partial charge in [-0.2, -0.15) is 0 Å². The first-order valence-corrected chi connectivity index (χ1v) is 7.57. The Labute approximate surface area is 132 Å². The van der Waals surface area contributed by atoms with E-state index in [1.807, 2.05) is 19.1 Å². The first-order chi connectivity index (χ1) is 10.6. The van der Waals surface area contributed by atoms with Crippen LogP contribution in [0.25, 0.3) is 0 Å². The van der Waals surface area contributed by atoms with E-state index in [2.05, 4.69) is 32.9 Å². The molecule has 0 radical (unpaired) electrons. The van der Waals surface area contributed by atoms with E-state index in [1.54, 1.807) is 13.0 Å². The molecule has 0 atom stereocenters. The molecule has 0 aliphatic heterocycles. The van der Waals surface area contributed by atoms with Crippen molar-refractivity contribution in [1.82, 2.24) is 0 Å². The Morgan fingerprint density at radius 1 is 1.24 bits per heavy atom. The van der Waals surface area contributed by atoms with Gasteiger partial charge in [-0.25, -0.2) is 0 Å². The minimum Gasteiger partial charge on any atom is -0.299 e. The van der Waals surface area contributed by atoms with Crippen LogP contribution in [-0.4, -0.2) is 6.26 Å². The molecule has 1 nitrogen and oxygen atoms in total. The van der Waals surface area contributed by atoms with Crippen LogP contribution in [0.5, 0.6) is 0 Å². The van der Waals surface area contributed by atoms with E-state index in [-0.39, 0.29) is 11.5 Å². The van der Waals surface area contributed by atoms with Crippen molar-refractivity contribution in [3.8, 4) is 0 Å². The first kappa shape index (κ1) is 14.3. The molecule has 0 unspecified atom stereocenters. The quantitative estimate of drug-likeness (QED) is 0.359. The van der Waals surface area contributed by atoms with Crippen LogP contribution >= 0.6 is 0 Å². The molecule has 0 aromatic carbocycles. The highest BCUT2D eigenvalue weighted by atomic mass is 16.1. The molecule has 0 fully saturated rings. The molecule has 0 spiro atoms. The van der Waals surface area contributed by atoms with Crippen molar-refractivity contribution >= 4 is 6.26 Å². The fourth-order valence-electron chi connectivity index (χ4n) is 2.75. The topological polar surface area (TPSA) is 17.1 Å². The third kappa shape index (κ3) is 5.71. The Bertz CT molecular complexity index is 614. The van der Waals surface area contributed by atoms with Crippen LogP contribution in [0.4, 0.5) is 0 Å². The van der Waals surface area contributed by atoms with Crippen LogP contribution in [0.15, 0.2) is 58.7 Å². The number of aldehydes is 1. The van der Waals surface area contributed by atoms with Crippen molar-refractivity contribution in [1.29, 1.82) is 0 Å². The van der Waals surface area contributed by atoms with Crippen LogP contribution in [0.2, 0.25) is 0 Å². The van der Waals surface area contributed by atoms with Gasteiger partial charge < -0.3 is 0 Å². The van der Waals surface area contributed by atoms with E-state index < -0.39 is 6.26 Å². The van der Waals surface area contributed by atoms with Crippen molar-refractivity contribution < 1.29 is 7.54 Å². The summed E-state index contributed by atoms with van der Waals surface area (Å²) in [6.45, 7) is 10.5. The summed E-state index contributed by atoms with van der Waals surface area (Å²) >= 11 is 0. The second kappa shape index (κ2) is 7.97. The summed E-state index contributed by atoms with van der Waals surface area (Å²) in [5.41, 5.74) is 4.77. The Morgan fingerprint density at radius 3 is 2.57 bits per heavy atom. The molecule has 0 aromatic rings. The van der Waals surface area contributed by atoms with Gasteiger partial charge in [-0.15, -0.1) is 0 Å². The second-order valence-corrected chi connectivity index (χ2v) is 6.44. The fourth-order valence-corrected chi connectivity index (χ4v) is 2.75. The third-order valence-electron chi connectivity index (χ3n) is 4.01. The zero-order chi connectivity index (χ0) is 17.6. The number of rotatable bonds is 5. The van der Waals surface area contributed by atoms with Gasteiger partial charge in [0.05, 0.1) is 1.37 Å². The fraction of sp³-hybridized carbons (Fsp3) is 0.450. The average molecular weight is 286 g/mol. The van der Waals surface area contributed by atoms with E-state index in [9.17, 15) is 4.79 Å². The Balaban J connectivity index is 2.85. The van der Waals surface area contributed by atoms with Crippen LogP contribution < -0.4 is 0 Å². The minimum atomic E-state index is -0.949.